The molecule has 9 heteroatoms. The van der Waals surface area contributed by atoms with Crippen molar-refractivity contribution in [2.45, 2.75) is 84.5 Å². The van der Waals surface area contributed by atoms with Crippen LogP contribution in [0.2, 0.25) is 5.02 Å². The summed E-state index contributed by atoms with van der Waals surface area (Å²) in [6, 6.07) is 9.36. The standard InChI is InChI=1S/C30H40ClN3O4S/c1-18-10-8-12-22(20(18)3)26(27(35)33-25-19(2)11-9-13-23(25)31)34(21-14-15-21)28(36)24(16-17-39-7)32-29(37)38-30(4,5)6/h8-13,21,24,26H,14-17H2,1-7H3,(H,32,37)(H,33,35). The summed E-state index contributed by atoms with van der Waals surface area (Å²) in [5.41, 5.74) is 3.35. The first-order chi connectivity index (χ1) is 18.3. The Hall–Kier alpha value is -2.71. The van der Waals surface area contributed by atoms with E-state index in [1.54, 1.807) is 43.5 Å². The van der Waals surface area contributed by atoms with Gasteiger partial charge in [-0.1, -0.05) is 41.9 Å². The molecule has 1 saturated carbocycles. The normalized spacial score (nSPS) is 14.8. The molecule has 0 spiro atoms. The number of carbonyl (C=O) groups is 3. The molecule has 0 bridgehead atoms. The van der Waals surface area contributed by atoms with Gasteiger partial charge < -0.3 is 20.3 Å². The Labute approximate surface area is 241 Å². The summed E-state index contributed by atoms with van der Waals surface area (Å²) in [5.74, 6) is 0.0134. The van der Waals surface area contributed by atoms with Gasteiger partial charge >= 0.3 is 6.09 Å². The number of anilines is 1. The minimum atomic E-state index is -0.905. The summed E-state index contributed by atoms with van der Waals surface area (Å²) >= 11 is 8.04. The average Bonchev–Trinajstić information content (AvgIpc) is 3.68. The number of nitrogens with one attached hydrogen (secondary N) is 2. The quantitative estimate of drug-likeness (QED) is 0.335. The van der Waals surface area contributed by atoms with E-state index in [-0.39, 0.29) is 17.9 Å². The van der Waals surface area contributed by atoms with Crippen molar-refractivity contribution < 1.29 is 19.1 Å². The molecule has 39 heavy (non-hydrogen) atoms. The Balaban J connectivity index is 2.05. The van der Waals surface area contributed by atoms with Crippen LogP contribution in [-0.4, -0.2) is 52.5 Å². The fraction of sp³-hybridized carbons (Fsp3) is 0.500. The predicted molar refractivity (Wildman–Crippen MR) is 160 cm³/mol. The molecule has 2 aromatic rings. The number of ether oxygens (including phenoxy) is 1. The molecule has 2 N–H and O–H groups in total. The number of hydrogen-bond donors (Lipinski definition) is 2. The second-order valence-corrected chi connectivity index (χ2v) is 12.5. The molecule has 212 valence electrons. The number of alkyl carbamates (subject to hydrolysis) is 1. The monoisotopic (exact) mass is 573 g/mol. The number of hydrogen-bond acceptors (Lipinski definition) is 5. The molecular weight excluding hydrogens is 534 g/mol. The number of carbonyl (C=O) groups excluding carboxylic acids is 3. The first kappa shape index (κ1) is 30.8. The van der Waals surface area contributed by atoms with Gasteiger partial charge in [-0.25, -0.2) is 4.79 Å². The number of amides is 3. The molecule has 2 atom stereocenters. The fourth-order valence-corrected chi connectivity index (χ4v) is 5.20. The third-order valence-corrected chi connectivity index (χ3v) is 7.69. The summed E-state index contributed by atoms with van der Waals surface area (Å²) in [7, 11) is 0. The molecule has 2 aromatic carbocycles. The van der Waals surface area contributed by atoms with E-state index in [0.29, 0.717) is 22.9 Å². The highest BCUT2D eigenvalue weighted by Gasteiger charge is 2.44. The van der Waals surface area contributed by atoms with Crippen molar-refractivity contribution in [1.29, 1.82) is 0 Å². The van der Waals surface area contributed by atoms with E-state index in [1.165, 1.54) is 0 Å². The van der Waals surface area contributed by atoms with E-state index in [4.69, 9.17) is 16.3 Å². The summed E-state index contributed by atoms with van der Waals surface area (Å²) in [6.45, 7) is 11.2. The van der Waals surface area contributed by atoms with Gasteiger partial charge in [-0.05, 0) is 101 Å². The van der Waals surface area contributed by atoms with E-state index in [0.717, 1.165) is 35.1 Å². The van der Waals surface area contributed by atoms with Crippen LogP contribution in [0.5, 0.6) is 0 Å². The van der Waals surface area contributed by atoms with Gasteiger partial charge in [-0.3, -0.25) is 9.59 Å². The van der Waals surface area contributed by atoms with Gasteiger partial charge in [0.1, 0.15) is 17.7 Å². The molecule has 2 unspecified atom stereocenters. The van der Waals surface area contributed by atoms with Gasteiger partial charge in [0.25, 0.3) is 5.91 Å². The molecule has 0 aliphatic heterocycles. The van der Waals surface area contributed by atoms with Crippen LogP contribution in [0.3, 0.4) is 0 Å². The Morgan fingerprint density at radius 3 is 2.31 bits per heavy atom. The van der Waals surface area contributed by atoms with Crippen LogP contribution in [0.15, 0.2) is 36.4 Å². The number of aryl methyl sites for hydroxylation is 2. The SMILES string of the molecule is CSCCC(NC(=O)OC(C)(C)C)C(=O)N(C1CC1)C(C(=O)Nc1c(C)cccc1Cl)c1cccc(C)c1C. The number of thioether (sulfide) groups is 1. The molecular formula is C30H40ClN3O4S. The van der Waals surface area contributed by atoms with E-state index in [2.05, 4.69) is 10.6 Å². The molecule has 0 aromatic heterocycles. The highest BCUT2D eigenvalue weighted by atomic mass is 35.5. The van der Waals surface area contributed by atoms with Gasteiger partial charge in [0.05, 0.1) is 10.7 Å². The Morgan fingerprint density at radius 2 is 1.72 bits per heavy atom. The van der Waals surface area contributed by atoms with E-state index >= 15 is 0 Å². The summed E-state index contributed by atoms with van der Waals surface area (Å²) in [6.07, 6.45) is 3.27. The summed E-state index contributed by atoms with van der Waals surface area (Å²) < 4.78 is 5.47. The molecule has 0 radical (unpaired) electrons. The molecule has 0 saturated heterocycles. The molecule has 3 rings (SSSR count). The van der Waals surface area contributed by atoms with E-state index < -0.39 is 23.8 Å². The van der Waals surface area contributed by atoms with E-state index in [1.807, 2.05) is 57.4 Å². The van der Waals surface area contributed by atoms with Crippen LogP contribution in [-0.2, 0) is 14.3 Å². The maximum absolute atomic E-state index is 14.3. The first-order valence-corrected chi connectivity index (χ1v) is 15.0. The third-order valence-electron chi connectivity index (χ3n) is 6.73. The number of nitrogens with zero attached hydrogens (tertiary/aromatic N) is 1. The van der Waals surface area contributed by atoms with Crippen LogP contribution < -0.4 is 10.6 Å². The van der Waals surface area contributed by atoms with Gasteiger partial charge in [0.2, 0.25) is 5.91 Å². The van der Waals surface area contributed by atoms with Crippen molar-refractivity contribution in [3.63, 3.8) is 0 Å². The number of rotatable bonds is 10. The summed E-state index contributed by atoms with van der Waals surface area (Å²) in [4.78, 5) is 42.8. The zero-order valence-corrected chi connectivity index (χ0v) is 25.5. The van der Waals surface area contributed by atoms with Crippen LogP contribution in [0.25, 0.3) is 0 Å². The van der Waals surface area contributed by atoms with Crippen LogP contribution in [0.4, 0.5) is 10.5 Å². The van der Waals surface area contributed by atoms with Gasteiger partial charge in [0, 0.05) is 6.04 Å². The lowest BCUT2D eigenvalue weighted by Crippen LogP contribution is -2.53. The van der Waals surface area contributed by atoms with Gasteiger partial charge in [-0.15, -0.1) is 0 Å². The first-order valence-electron chi connectivity index (χ1n) is 13.3. The fourth-order valence-electron chi connectivity index (χ4n) is 4.46. The molecule has 0 heterocycles. The number of halogens is 1. The second kappa shape index (κ2) is 13.1. The van der Waals surface area contributed by atoms with Crippen molar-refractivity contribution in [3.8, 4) is 0 Å². The van der Waals surface area contributed by atoms with Gasteiger partial charge in [-0.2, -0.15) is 11.8 Å². The predicted octanol–water partition coefficient (Wildman–Crippen LogP) is 6.58. The van der Waals surface area contributed by atoms with Crippen molar-refractivity contribution in [1.82, 2.24) is 10.2 Å². The maximum atomic E-state index is 14.3. The lowest BCUT2D eigenvalue weighted by molar-refractivity contribution is -0.141. The zero-order valence-electron chi connectivity index (χ0n) is 23.9. The zero-order chi connectivity index (χ0) is 28.9. The topological polar surface area (TPSA) is 87.7 Å². The summed E-state index contributed by atoms with van der Waals surface area (Å²) in [5, 5.41) is 6.23. The van der Waals surface area contributed by atoms with Crippen LogP contribution in [0, 0.1) is 20.8 Å². The Morgan fingerprint density at radius 1 is 1.08 bits per heavy atom. The van der Waals surface area contributed by atoms with Crippen molar-refractivity contribution in [2.24, 2.45) is 0 Å². The average molecular weight is 574 g/mol. The lowest BCUT2D eigenvalue weighted by atomic mass is 9.94. The Bertz CT molecular complexity index is 1190. The Kier molecular flexibility index (Phi) is 10.4. The van der Waals surface area contributed by atoms with E-state index in [9.17, 15) is 14.4 Å². The minimum absolute atomic E-state index is 0.113. The lowest BCUT2D eigenvalue weighted by Gasteiger charge is -2.35. The molecule has 1 aliphatic rings. The molecule has 1 fully saturated rings. The second-order valence-electron chi connectivity index (χ2n) is 11.1. The number of benzene rings is 2. The molecule has 1 aliphatic carbocycles. The maximum Gasteiger partial charge on any atom is 0.408 e. The van der Waals surface area contributed by atoms with Crippen LogP contribution in [0.1, 0.15) is 68.3 Å². The molecule has 3 amide bonds. The largest absolute Gasteiger partial charge is 0.444 e. The highest BCUT2D eigenvalue weighted by Crippen LogP contribution is 2.38. The van der Waals surface area contributed by atoms with Crippen molar-refractivity contribution in [3.05, 3.63) is 63.7 Å². The van der Waals surface area contributed by atoms with Crippen molar-refractivity contribution >= 4 is 47.0 Å². The number of para-hydroxylation sites is 1. The molecule has 7 nitrogen and oxygen atoms in total. The smallest absolute Gasteiger partial charge is 0.408 e. The highest BCUT2D eigenvalue weighted by molar-refractivity contribution is 7.98. The minimum Gasteiger partial charge on any atom is -0.444 e. The van der Waals surface area contributed by atoms with Crippen LogP contribution >= 0.6 is 23.4 Å². The van der Waals surface area contributed by atoms with Gasteiger partial charge in [0.15, 0.2) is 0 Å². The third kappa shape index (κ3) is 8.15. The van der Waals surface area contributed by atoms with Crippen molar-refractivity contribution in [2.75, 3.05) is 17.3 Å².